The van der Waals surface area contributed by atoms with Crippen LogP contribution >= 0.6 is 0 Å². The van der Waals surface area contributed by atoms with E-state index in [0.29, 0.717) is 19.3 Å². The molecule has 0 radical (unpaired) electrons. The van der Waals surface area contributed by atoms with Crippen molar-refractivity contribution in [1.29, 1.82) is 0 Å². The summed E-state index contributed by atoms with van der Waals surface area (Å²) >= 11 is 0. The van der Waals surface area contributed by atoms with Crippen LogP contribution in [0.5, 0.6) is 0 Å². The standard InChI is InChI=1S/C22H42N2O4/c1-4-7-10-13-17(22(27)28)16-20(25)19(15-12-9-6-3)24-21(26)18(23)14-11-8-5-2/h17-19H,4-16,23H2,1-3H3,(H,24,26)(H,27,28). The highest BCUT2D eigenvalue weighted by Gasteiger charge is 2.28. The van der Waals surface area contributed by atoms with Crippen LogP contribution in [-0.4, -0.2) is 34.8 Å². The Bertz CT molecular complexity index is 454. The highest BCUT2D eigenvalue weighted by molar-refractivity contribution is 5.92. The fourth-order valence-corrected chi connectivity index (χ4v) is 3.27. The number of aliphatic carboxylic acids is 1. The van der Waals surface area contributed by atoms with Gasteiger partial charge in [-0.2, -0.15) is 0 Å². The highest BCUT2D eigenvalue weighted by atomic mass is 16.4. The van der Waals surface area contributed by atoms with E-state index in [1.54, 1.807) is 0 Å². The van der Waals surface area contributed by atoms with Gasteiger partial charge >= 0.3 is 5.97 Å². The third kappa shape index (κ3) is 12.1. The van der Waals surface area contributed by atoms with Crippen molar-refractivity contribution in [3.63, 3.8) is 0 Å². The van der Waals surface area contributed by atoms with E-state index in [0.717, 1.165) is 57.8 Å². The fourth-order valence-electron chi connectivity index (χ4n) is 3.27. The lowest BCUT2D eigenvalue weighted by Crippen LogP contribution is -2.48. The number of Topliss-reactive ketones (excluding diaryl/α,β-unsaturated/α-hetero) is 1. The molecule has 0 aromatic heterocycles. The van der Waals surface area contributed by atoms with Crippen molar-refractivity contribution in [3.05, 3.63) is 0 Å². The molecule has 0 bridgehead atoms. The van der Waals surface area contributed by atoms with Gasteiger partial charge in [0, 0.05) is 6.42 Å². The second kappa shape index (κ2) is 16.5. The second-order valence-corrected chi connectivity index (χ2v) is 7.86. The van der Waals surface area contributed by atoms with E-state index in [9.17, 15) is 19.5 Å². The summed E-state index contributed by atoms with van der Waals surface area (Å²) in [7, 11) is 0. The molecule has 0 aromatic carbocycles. The lowest BCUT2D eigenvalue weighted by atomic mass is 9.91. The maximum Gasteiger partial charge on any atom is 0.306 e. The Morgan fingerprint density at radius 3 is 1.82 bits per heavy atom. The van der Waals surface area contributed by atoms with Gasteiger partial charge in [-0.3, -0.25) is 14.4 Å². The molecule has 4 N–H and O–H groups in total. The molecule has 0 aromatic rings. The van der Waals surface area contributed by atoms with Gasteiger partial charge in [-0.25, -0.2) is 0 Å². The third-order valence-electron chi connectivity index (χ3n) is 5.21. The van der Waals surface area contributed by atoms with Crippen molar-refractivity contribution >= 4 is 17.7 Å². The molecule has 0 aliphatic rings. The Hall–Kier alpha value is -1.43. The SMILES string of the molecule is CCCCCC(N)C(=O)NC(CCCCC)C(=O)CC(CCCCC)C(=O)O. The van der Waals surface area contributed by atoms with Crippen molar-refractivity contribution in [2.24, 2.45) is 11.7 Å². The molecule has 3 atom stereocenters. The highest BCUT2D eigenvalue weighted by Crippen LogP contribution is 2.17. The lowest BCUT2D eigenvalue weighted by Gasteiger charge is -2.22. The zero-order chi connectivity index (χ0) is 21.4. The molecule has 6 heteroatoms. The van der Waals surface area contributed by atoms with Gasteiger partial charge in [-0.15, -0.1) is 0 Å². The van der Waals surface area contributed by atoms with Crippen molar-refractivity contribution in [2.45, 2.75) is 116 Å². The van der Waals surface area contributed by atoms with Crippen LogP contribution in [0.3, 0.4) is 0 Å². The number of nitrogens with two attached hydrogens (primary N) is 1. The van der Waals surface area contributed by atoms with Gasteiger partial charge in [-0.05, 0) is 19.3 Å². The maximum atomic E-state index is 12.8. The third-order valence-corrected chi connectivity index (χ3v) is 5.21. The Morgan fingerprint density at radius 2 is 1.32 bits per heavy atom. The number of carboxylic acids is 1. The number of rotatable bonds is 18. The first-order chi connectivity index (χ1) is 13.4. The zero-order valence-electron chi connectivity index (χ0n) is 18.2. The number of carbonyl (C=O) groups is 3. The van der Waals surface area contributed by atoms with Crippen LogP contribution in [0.25, 0.3) is 0 Å². The van der Waals surface area contributed by atoms with Gasteiger partial charge in [0.15, 0.2) is 5.78 Å². The summed E-state index contributed by atoms with van der Waals surface area (Å²) in [6, 6.07) is -1.25. The molecule has 0 aliphatic heterocycles. The van der Waals surface area contributed by atoms with Crippen LogP contribution in [0, 0.1) is 5.92 Å². The number of nitrogens with one attached hydrogen (secondary N) is 1. The first-order valence-electron chi connectivity index (χ1n) is 11.2. The van der Waals surface area contributed by atoms with E-state index >= 15 is 0 Å². The minimum Gasteiger partial charge on any atom is -0.481 e. The second-order valence-electron chi connectivity index (χ2n) is 7.86. The molecular formula is C22H42N2O4. The average Bonchev–Trinajstić information content (AvgIpc) is 2.66. The number of carboxylic acid groups (broad SMARTS) is 1. The molecule has 0 heterocycles. The van der Waals surface area contributed by atoms with Crippen LogP contribution in [0.4, 0.5) is 0 Å². The van der Waals surface area contributed by atoms with E-state index in [2.05, 4.69) is 26.1 Å². The summed E-state index contributed by atoms with van der Waals surface area (Å²) in [6.45, 7) is 6.23. The van der Waals surface area contributed by atoms with Crippen molar-refractivity contribution in [3.8, 4) is 0 Å². The van der Waals surface area contributed by atoms with Gasteiger partial charge in [0.25, 0.3) is 0 Å². The minimum absolute atomic E-state index is 0.0266. The predicted octanol–water partition coefficient (Wildman–Crippen LogP) is 4.20. The minimum atomic E-state index is -0.931. The molecule has 3 unspecified atom stereocenters. The molecule has 0 spiro atoms. The molecule has 0 fully saturated rings. The van der Waals surface area contributed by atoms with E-state index in [1.807, 2.05) is 0 Å². The molecule has 28 heavy (non-hydrogen) atoms. The van der Waals surface area contributed by atoms with Crippen LogP contribution in [0.1, 0.15) is 104 Å². The Kier molecular flexibility index (Phi) is 15.7. The smallest absolute Gasteiger partial charge is 0.306 e. The van der Waals surface area contributed by atoms with Crippen LogP contribution in [0.2, 0.25) is 0 Å². The number of carbonyl (C=O) groups excluding carboxylic acids is 2. The van der Waals surface area contributed by atoms with Gasteiger partial charge in [0.2, 0.25) is 5.91 Å². The molecule has 0 aliphatic carbocycles. The summed E-state index contributed by atoms with van der Waals surface area (Å²) in [5, 5.41) is 12.3. The van der Waals surface area contributed by atoms with E-state index in [-0.39, 0.29) is 18.1 Å². The van der Waals surface area contributed by atoms with Crippen LogP contribution < -0.4 is 11.1 Å². The average molecular weight is 399 g/mol. The summed E-state index contributed by atoms with van der Waals surface area (Å²) in [5.41, 5.74) is 5.97. The number of ketones is 1. The largest absolute Gasteiger partial charge is 0.481 e. The van der Waals surface area contributed by atoms with Gasteiger partial charge in [0.05, 0.1) is 18.0 Å². The summed E-state index contributed by atoms with van der Waals surface area (Å²) < 4.78 is 0. The molecule has 0 saturated carbocycles. The number of hydrogen-bond acceptors (Lipinski definition) is 4. The van der Waals surface area contributed by atoms with Gasteiger partial charge in [0.1, 0.15) is 0 Å². The van der Waals surface area contributed by atoms with Gasteiger partial charge < -0.3 is 16.2 Å². The topological polar surface area (TPSA) is 109 Å². The van der Waals surface area contributed by atoms with Crippen molar-refractivity contribution < 1.29 is 19.5 Å². The van der Waals surface area contributed by atoms with Crippen LogP contribution in [-0.2, 0) is 14.4 Å². The van der Waals surface area contributed by atoms with E-state index in [1.165, 1.54) is 0 Å². The Morgan fingerprint density at radius 1 is 0.821 bits per heavy atom. The summed E-state index contributed by atoms with van der Waals surface area (Å²) in [5.74, 6) is -2.10. The molecule has 0 saturated heterocycles. The molecule has 0 rings (SSSR count). The zero-order valence-corrected chi connectivity index (χ0v) is 18.2. The first-order valence-corrected chi connectivity index (χ1v) is 11.2. The predicted molar refractivity (Wildman–Crippen MR) is 113 cm³/mol. The van der Waals surface area contributed by atoms with Crippen LogP contribution in [0.15, 0.2) is 0 Å². The summed E-state index contributed by atoms with van der Waals surface area (Å²) in [4.78, 5) is 36.7. The normalized spacial score (nSPS) is 14.3. The Balaban J connectivity index is 4.86. The van der Waals surface area contributed by atoms with E-state index < -0.39 is 24.0 Å². The Labute approximate surface area is 171 Å². The summed E-state index contributed by atoms with van der Waals surface area (Å²) in [6.07, 6.45) is 10.2. The maximum absolute atomic E-state index is 12.8. The first kappa shape index (κ1) is 26.6. The monoisotopic (exact) mass is 398 g/mol. The van der Waals surface area contributed by atoms with E-state index in [4.69, 9.17) is 5.73 Å². The van der Waals surface area contributed by atoms with Crippen molar-refractivity contribution in [1.82, 2.24) is 5.32 Å². The molecule has 6 nitrogen and oxygen atoms in total. The van der Waals surface area contributed by atoms with Crippen molar-refractivity contribution in [2.75, 3.05) is 0 Å². The number of hydrogen-bond donors (Lipinski definition) is 3. The molecule has 164 valence electrons. The lowest BCUT2D eigenvalue weighted by molar-refractivity contribution is -0.144. The molecule has 1 amide bonds. The number of amides is 1. The quantitative estimate of drug-likeness (QED) is 0.300. The van der Waals surface area contributed by atoms with Gasteiger partial charge in [-0.1, -0.05) is 78.6 Å². The molecular weight excluding hydrogens is 356 g/mol. The fraction of sp³-hybridized carbons (Fsp3) is 0.864. The number of unbranched alkanes of at least 4 members (excludes halogenated alkanes) is 6.